The van der Waals surface area contributed by atoms with Gasteiger partial charge in [-0.05, 0) is 40.6 Å². The number of halogens is 1. The largest absolute Gasteiger partial charge is 0.366 e. The Morgan fingerprint density at radius 2 is 1.55 bits per heavy atom. The van der Waals surface area contributed by atoms with Crippen LogP contribution in [0.5, 0.6) is 0 Å². The van der Waals surface area contributed by atoms with Gasteiger partial charge in [-0.1, -0.05) is 58.4 Å². The number of fused-ring (bicyclic) bond motifs is 1. The van der Waals surface area contributed by atoms with Crippen molar-refractivity contribution >= 4 is 32.4 Å². The summed E-state index contributed by atoms with van der Waals surface area (Å²) in [4.78, 5) is 0. The Bertz CT molecular complexity index is 717. The second-order valence-corrected chi connectivity index (χ2v) is 5.61. The quantitative estimate of drug-likeness (QED) is 0.686. The predicted molar refractivity (Wildman–Crippen MR) is 88.6 cm³/mol. The van der Waals surface area contributed by atoms with Gasteiger partial charge in [0.25, 0.3) is 0 Å². The molecule has 20 heavy (non-hydrogen) atoms. The molecule has 1 atom stereocenters. The Hall–Kier alpha value is -1.84. The highest BCUT2D eigenvalue weighted by atomic mass is 79.9. The van der Waals surface area contributed by atoms with Gasteiger partial charge in [-0.2, -0.15) is 0 Å². The van der Waals surface area contributed by atoms with Crippen LogP contribution in [-0.4, -0.2) is 0 Å². The third-order valence-corrected chi connectivity index (χ3v) is 3.85. The van der Waals surface area contributed by atoms with Gasteiger partial charge in [-0.3, -0.25) is 0 Å². The SMILES string of the molecule is NC(Nc1ccc(Br)cc1)c1cccc2ccccc12. The number of nitrogens with one attached hydrogen (secondary N) is 1. The van der Waals surface area contributed by atoms with Gasteiger partial charge in [-0.25, -0.2) is 0 Å². The van der Waals surface area contributed by atoms with Gasteiger partial charge in [0.05, 0.1) is 0 Å². The predicted octanol–water partition coefficient (Wildman–Crippen LogP) is 4.67. The van der Waals surface area contributed by atoms with Gasteiger partial charge in [-0.15, -0.1) is 0 Å². The zero-order valence-electron chi connectivity index (χ0n) is 10.9. The summed E-state index contributed by atoms with van der Waals surface area (Å²) >= 11 is 3.43. The Morgan fingerprint density at radius 1 is 0.850 bits per heavy atom. The van der Waals surface area contributed by atoms with E-state index in [-0.39, 0.29) is 6.17 Å². The maximum absolute atomic E-state index is 6.31. The molecule has 0 aliphatic rings. The molecule has 0 saturated heterocycles. The highest BCUT2D eigenvalue weighted by Crippen LogP contribution is 2.24. The normalized spacial score (nSPS) is 12.3. The van der Waals surface area contributed by atoms with Gasteiger partial charge in [0.15, 0.2) is 0 Å². The van der Waals surface area contributed by atoms with Crippen LogP contribution in [0.1, 0.15) is 11.7 Å². The number of benzene rings is 3. The molecular weight excluding hydrogens is 312 g/mol. The molecule has 0 aliphatic carbocycles. The lowest BCUT2D eigenvalue weighted by Gasteiger charge is -2.17. The first kappa shape index (κ1) is 13.2. The Morgan fingerprint density at radius 3 is 2.35 bits per heavy atom. The molecule has 3 aromatic carbocycles. The lowest BCUT2D eigenvalue weighted by molar-refractivity contribution is 0.845. The molecule has 0 saturated carbocycles. The van der Waals surface area contributed by atoms with Crippen LogP contribution in [0.25, 0.3) is 10.8 Å². The summed E-state index contributed by atoms with van der Waals surface area (Å²) < 4.78 is 1.06. The van der Waals surface area contributed by atoms with Crippen LogP contribution in [0, 0.1) is 0 Å². The van der Waals surface area contributed by atoms with Gasteiger partial charge < -0.3 is 11.1 Å². The Labute approximate surface area is 126 Å². The van der Waals surface area contributed by atoms with Crippen molar-refractivity contribution in [1.29, 1.82) is 0 Å². The molecule has 0 aromatic heterocycles. The molecule has 0 aliphatic heterocycles. The Balaban J connectivity index is 1.92. The molecule has 1 unspecified atom stereocenters. The van der Waals surface area contributed by atoms with E-state index >= 15 is 0 Å². The van der Waals surface area contributed by atoms with Crippen LogP contribution in [0.2, 0.25) is 0 Å². The highest BCUT2D eigenvalue weighted by Gasteiger charge is 2.09. The van der Waals surface area contributed by atoms with Crippen molar-refractivity contribution in [2.75, 3.05) is 5.32 Å². The summed E-state index contributed by atoms with van der Waals surface area (Å²) in [6.07, 6.45) is -0.234. The number of anilines is 1. The molecule has 3 rings (SSSR count). The monoisotopic (exact) mass is 326 g/mol. The first-order valence-corrected chi connectivity index (χ1v) is 7.29. The highest BCUT2D eigenvalue weighted by molar-refractivity contribution is 9.10. The van der Waals surface area contributed by atoms with Gasteiger partial charge in [0, 0.05) is 10.2 Å². The molecule has 0 heterocycles. The minimum Gasteiger partial charge on any atom is -0.366 e. The smallest absolute Gasteiger partial charge is 0.101 e. The topological polar surface area (TPSA) is 38.0 Å². The molecule has 3 heteroatoms. The first-order valence-electron chi connectivity index (χ1n) is 6.49. The number of hydrogen-bond acceptors (Lipinski definition) is 2. The molecule has 0 bridgehead atoms. The van der Waals surface area contributed by atoms with Crippen molar-refractivity contribution in [1.82, 2.24) is 0 Å². The molecular formula is C17H15BrN2. The van der Waals surface area contributed by atoms with Crippen LogP contribution >= 0.6 is 15.9 Å². The second-order valence-electron chi connectivity index (χ2n) is 4.70. The van der Waals surface area contributed by atoms with Crippen molar-refractivity contribution in [3.63, 3.8) is 0 Å². The number of nitrogens with two attached hydrogens (primary N) is 1. The fourth-order valence-electron chi connectivity index (χ4n) is 2.33. The maximum atomic E-state index is 6.31. The lowest BCUT2D eigenvalue weighted by atomic mass is 10.0. The average molecular weight is 327 g/mol. The standard InChI is InChI=1S/C17H15BrN2/c18-13-8-10-14(11-9-13)20-17(19)16-7-3-5-12-4-1-2-6-15(12)16/h1-11,17,20H,19H2. The van der Waals surface area contributed by atoms with E-state index in [0.717, 1.165) is 15.7 Å². The molecule has 3 N–H and O–H groups in total. The summed E-state index contributed by atoms with van der Waals surface area (Å²) in [5, 5.41) is 5.73. The van der Waals surface area contributed by atoms with Crippen LogP contribution in [-0.2, 0) is 0 Å². The lowest BCUT2D eigenvalue weighted by Crippen LogP contribution is -2.20. The van der Waals surface area contributed by atoms with Crippen molar-refractivity contribution in [3.05, 3.63) is 76.8 Å². The minimum atomic E-state index is -0.234. The fraction of sp³-hybridized carbons (Fsp3) is 0.0588. The summed E-state index contributed by atoms with van der Waals surface area (Å²) in [7, 11) is 0. The van der Waals surface area contributed by atoms with Gasteiger partial charge in [0.1, 0.15) is 6.17 Å². The summed E-state index contributed by atoms with van der Waals surface area (Å²) in [6, 6.07) is 22.5. The molecule has 0 radical (unpaired) electrons. The van der Waals surface area contributed by atoms with Gasteiger partial charge in [0.2, 0.25) is 0 Å². The summed E-state index contributed by atoms with van der Waals surface area (Å²) in [6.45, 7) is 0. The molecule has 3 aromatic rings. The van der Waals surface area contributed by atoms with E-state index in [9.17, 15) is 0 Å². The molecule has 0 spiro atoms. The van der Waals surface area contributed by atoms with Crippen LogP contribution in [0.4, 0.5) is 5.69 Å². The fourth-order valence-corrected chi connectivity index (χ4v) is 2.59. The van der Waals surface area contributed by atoms with E-state index in [4.69, 9.17) is 5.73 Å². The zero-order valence-corrected chi connectivity index (χ0v) is 12.5. The molecule has 2 nitrogen and oxygen atoms in total. The molecule has 0 amide bonds. The molecule has 0 fully saturated rings. The number of rotatable bonds is 3. The van der Waals surface area contributed by atoms with E-state index in [2.05, 4.69) is 45.5 Å². The zero-order chi connectivity index (χ0) is 13.9. The minimum absolute atomic E-state index is 0.234. The average Bonchev–Trinajstić information content (AvgIpc) is 2.49. The van der Waals surface area contributed by atoms with E-state index in [0.29, 0.717) is 0 Å². The third-order valence-electron chi connectivity index (χ3n) is 3.32. The maximum Gasteiger partial charge on any atom is 0.101 e. The van der Waals surface area contributed by atoms with Crippen molar-refractivity contribution in [2.45, 2.75) is 6.17 Å². The summed E-state index contributed by atoms with van der Waals surface area (Å²) in [5.74, 6) is 0. The van der Waals surface area contributed by atoms with E-state index in [1.54, 1.807) is 0 Å². The summed E-state index contributed by atoms with van der Waals surface area (Å²) in [5.41, 5.74) is 8.42. The van der Waals surface area contributed by atoms with Crippen LogP contribution in [0.3, 0.4) is 0 Å². The second kappa shape index (κ2) is 5.65. The number of hydrogen-bond donors (Lipinski definition) is 2. The van der Waals surface area contributed by atoms with Crippen LogP contribution < -0.4 is 11.1 Å². The van der Waals surface area contributed by atoms with E-state index in [1.165, 1.54) is 10.8 Å². The third kappa shape index (κ3) is 2.69. The van der Waals surface area contributed by atoms with E-state index in [1.807, 2.05) is 42.5 Å². The van der Waals surface area contributed by atoms with Crippen molar-refractivity contribution in [3.8, 4) is 0 Å². The van der Waals surface area contributed by atoms with Gasteiger partial charge >= 0.3 is 0 Å². The Kier molecular flexibility index (Phi) is 3.72. The first-order chi connectivity index (χ1) is 9.74. The molecule has 100 valence electrons. The van der Waals surface area contributed by atoms with Crippen molar-refractivity contribution in [2.24, 2.45) is 5.73 Å². The van der Waals surface area contributed by atoms with Crippen LogP contribution in [0.15, 0.2) is 71.2 Å². The van der Waals surface area contributed by atoms with Crippen molar-refractivity contribution < 1.29 is 0 Å². The van der Waals surface area contributed by atoms with E-state index < -0.39 is 0 Å².